The molecule has 126 valence electrons. The Balaban J connectivity index is 3.53. The Kier molecular flexibility index (Phi) is 14.8. The molecule has 0 saturated carbocycles. The minimum absolute atomic E-state index is 0.622. The minimum Gasteiger partial charge on any atom is -0.385 e. The summed E-state index contributed by atoms with van der Waals surface area (Å²) in [6.07, 6.45) is 1.05. The zero-order chi connectivity index (χ0) is 15.8. The molecule has 0 aliphatic carbocycles. The van der Waals surface area contributed by atoms with E-state index in [0.717, 1.165) is 45.2 Å². The van der Waals surface area contributed by atoms with Crippen LogP contribution >= 0.6 is 0 Å². The van der Waals surface area contributed by atoms with Crippen LogP contribution in [0.25, 0.3) is 0 Å². The third kappa shape index (κ3) is 13.8. The second-order valence-corrected chi connectivity index (χ2v) is 4.68. The maximum atomic E-state index is 5.38. The van der Waals surface area contributed by atoms with E-state index in [9.17, 15) is 0 Å². The molecule has 0 aromatic carbocycles. The quantitative estimate of drug-likeness (QED) is 0.279. The average Bonchev–Trinajstić information content (AvgIpc) is 2.49. The molecule has 0 unspecified atom stereocenters. The molecule has 7 nitrogen and oxygen atoms in total. The van der Waals surface area contributed by atoms with E-state index in [-0.39, 0.29) is 0 Å². The highest BCUT2D eigenvalue weighted by Gasteiger charge is 2.00. The fourth-order valence-corrected chi connectivity index (χ4v) is 1.66. The summed E-state index contributed by atoms with van der Waals surface area (Å²) in [5.41, 5.74) is 0. The number of nitrogens with zero attached hydrogens (tertiary/aromatic N) is 2. The standard InChI is InChI=1S/C14H32N4O3/c1-15-14(17-7-11-21-13-12-20-4)16-6-9-18(2)8-5-10-19-3/h5-13H2,1-4H3,(H2,15,16,17). The number of nitrogens with one attached hydrogen (secondary N) is 2. The summed E-state index contributed by atoms with van der Waals surface area (Å²) in [5.74, 6) is 0.802. The van der Waals surface area contributed by atoms with E-state index in [2.05, 4.69) is 27.6 Å². The molecule has 0 aromatic rings. The highest BCUT2D eigenvalue weighted by molar-refractivity contribution is 5.79. The molecule has 2 N–H and O–H groups in total. The second-order valence-electron chi connectivity index (χ2n) is 4.68. The predicted octanol–water partition coefficient (Wildman–Crippen LogP) is -0.217. The molecule has 0 aliphatic heterocycles. The largest absolute Gasteiger partial charge is 0.385 e. The van der Waals surface area contributed by atoms with Gasteiger partial charge >= 0.3 is 0 Å². The lowest BCUT2D eigenvalue weighted by Crippen LogP contribution is -2.42. The van der Waals surface area contributed by atoms with Gasteiger partial charge in [0, 0.05) is 54.1 Å². The van der Waals surface area contributed by atoms with Crippen LogP contribution in [-0.4, -0.2) is 91.8 Å². The Bertz CT molecular complexity index is 252. The molecule has 0 aromatic heterocycles. The first-order chi connectivity index (χ1) is 10.2. The summed E-state index contributed by atoms with van der Waals surface area (Å²) < 4.78 is 15.3. The van der Waals surface area contributed by atoms with Crippen molar-refractivity contribution in [2.24, 2.45) is 4.99 Å². The van der Waals surface area contributed by atoms with Crippen molar-refractivity contribution in [2.45, 2.75) is 6.42 Å². The van der Waals surface area contributed by atoms with Crippen LogP contribution in [0.4, 0.5) is 0 Å². The lowest BCUT2D eigenvalue weighted by Gasteiger charge is -2.18. The van der Waals surface area contributed by atoms with Crippen molar-refractivity contribution in [3.8, 4) is 0 Å². The predicted molar refractivity (Wildman–Crippen MR) is 86.0 cm³/mol. The summed E-state index contributed by atoms with van der Waals surface area (Å²) in [6.45, 7) is 6.29. The van der Waals surface area contributed by atoms with Crippen LogP contribution in [0.5, 0.6) is 0 Å². The van der Waals surface area contributed by atoms with Crippen LogP contribution in [0, 0.1) is 0 Å². The Morgan fingerprint density at radius 3 is 2.33 bits per heavy atom. The monoisotopic (exact) mass is 304 g/mol. The third-order valence-electron chi connectivity index (χ3n) is 2.87. The van der Waals surface area contributed by atoms with E-state index in [4.69, 9.17) is 14.2 Å². The van der Waals surface area contributed by atoms with Gasteiger partial charge in [-0.3, -0.25) is 4.99 Å². The lowest BCUT2D eigenvalue weighted by molar-refractivity contribution is 0.0733. The lowest BCUT2D eigenvalue weighted by atomic mass is 10.4. The maximum absolute atomic E-state index is 5.38. The van der Waals surface area contributed by atoms with Crippen LogP contribution in [-0.2, 0) is 14.2 Å². The number of ether oxygens (including phenoxy) is 3. The Hall–Kier alpha value is -0.890. The summed E-state index contributed by atoms with van der Waals surface area (Å²) in [5, 5.41) is 6.49. The SMILES string of the molecule is CN=C(NCCOCCOC)NCCN(C)CCCOC. The molecule has 7 heteroatoms. The molecule has 0 rings (SSSR count). The van der Waals surface area contributed by atoms with Crippen LogP contribution in [0.1, 0.15) is 6.42 Å². The van der Waals surface area contributed by atoms with Gasteiger partial charge in [-0.05, 0) is 13.5 Å². The van der Waals surface area contributed by atoms with Crippen LogP contribution in [0.15, 0.2) is 4.99 Å². The van der Waals surface area contributed by atoms with Gasteiger partial charge in [-0.2, -0.15) is 0 Å². The Morgan fingerprint density at radius 2 is 1.67 bits per heavy atom. The average molecular weight is 304 g/mol. The van der Waals surface area contributed by atoms with E-state index in [1.54, 1.807) is 21.3 Å². The van der Waals surface area contributed by atoms with Crippen molar-refractivity contribution in [2.75, 3.05) is 80.9 Å². The first kappa shape index (κ1) is 20.1. The minimum atomic E-state index is 0.622. The van der Waals surface area contributed by atoms with Gasteiger partial charge in [0.05, 0.1) is 19.8 Å². The van der Waals surface area contributed by atoms with E-state index in [0.29, 0.717) is 19.8 Å². The number of guanidine groups is 1. The molecule has 0 heterocycles. The summed E-state index contributed by atoms with van der Waals surface area (Å²) in [6, 6.07) is 0. The number of methoxy groups -OCH3 is 2. The number of likely N-dealkylation sites (N-methyl/N-ethyl adjacent to an activating group) is 1. The van der Waals surface area contributed by atoms with Crippen LogP contribution in [0.2, 0.25) is 0 Å². The molecule has 0 bridgehead atoms. The molecule has 0 spiro atoms. The molecule has 0 aliphatic rings. The summed E-state index contributed by atoms with van der Waals surface area (Å²) in [7, 11) is 7.27. The molecule has 21 heavy (non-hydrogen) atoms. The normalized spacial score (nSPS) is 12.0. The first-order valence-electron chi connectivity index (χ1n) is 7.43. The van der Waals surface area contributed by atoms with E-state index in [1.165, 1.54) is 0 Å². The van der Waals surface area contributed by atoms with Gasteiger partial charge in [-0.15, -0.1) is 0 Å². The van der Waals surface area contributed by atoms with Gasteiger partial charge in [0.1, 0.15) is 0 Å². The van der Waals surface area contributed by atoms with Gasteiger partial charge in [-0.25, -0.2) is 0 Å². The van der Waals surface area contributed by atoms with Gasteiger partial charge in [-0.1, -0.05) is 0 Å². The number of rotatable bonds is 13. The number of aliphatic imine (C=N–C) groups is 1. The van der Waals surface area contributed by atoms with Gasteiger partial charge in [0.15, 0.2) is 5.96 Å². The Morgan fingerprint density at radius 1 is 0.952 bits per heavy atom. The smallest absolute Gasteiger partial charge is 0.191 e. The van der Waals surface area contributed by atoms with Gasteiger partial charge < -0.3 is 29.7 Å². The topological polar surface area (TPSA) is 67.4 Å². The highest BCUT2D eigenvalue weighted by Crippen LogP contribution is 1.86. The molecule has 0 radical (unpaired) electrons. The van der Waals surface area contributed by atoms with Crippen molar-refractivity contribution in [3.63, 3.8) is 0 Å². The van der Waals surface area contributed by atoms with Crippen molar-refractivity contribution in [1.82, 2.24) is 15.5 Å². The fraction of sp³-hybridized carbons (Fsp3) is 0.929. The molecule has 0 fully saturated rings. The Labute approximate surface area is 129 Å². The van der Waals surface area contributed by atoms with Crippen LogP contribution in [0.3, 0.4) is 0 Å². The van der Waals surface area contributed by atoms with Gasteiger partial charge in [0.25, 0.3) is 0 Å². The van der Waals surface area contributed by atoms with Crippen molar-refractivity contribution < 1.29 is 14.2 Å². The maximum Gasteiger partial charge on any atom is 0.191 e. The molecular weight excluding hydrogens is 272 g/mol. The summed E-state index contributed by atoms with van der Waals surface area (Å²) in [4.78, 5) is 6.44. The second kappa shape index (κ2) is 15.5. The fourth-order valence-electron chi connectivity index (χ4n) is 1.66. The van der Waals surface area contributed by atoms with Crippen LogP contribution < -0.4 is 10.6 Å². The molecular formula is C14H32N4O3. The molecule has 0 atom stereocenters. The zero-order valence-electron chi connectivity index (χ0n) is 14.0. The first-order valence-corrected chi connectivity index (χ1v) is 7.43. The van der Waals surface area contributed by atoms with Crippen molar-refractivity contribution >= 4 is 5.96 Å². The van der Waals surface area contributed by atoms with E-state index < -0.39 is 0 Å². The van der Waals surface area contributed by atoms with Crippen molar-refractivity contribution in [1.29, 1.82) is 0 Å². The highest BCUT2D eigenvalue weighted by atomic mass is 16.5. The van der Waals surface area contributed by atoms with Crippen molar-refractivity contribution in [3.05, 3.63) is 0 Å². The van der Waals surface area contributed by atoms with E-state index >= 15 is 0 Å². The molecule has 0 saturated heterocycles. The molecule has 0 amide bonds. The number of hydrogen-bond donors (Lipinski definition) is 2. The van der Waals surface area contributed by atoms with E-state index in [1.807, 2.05) is 0 Å². The third-order valence-corrected chi connectivity index (χ3v) is 2.87. The summed E-state index contributed by atoms with van der Waals surface area (Å²) >= 11 is 0. The van der Waals surface area contributed by atoms with Gasteiger partial charge in [0.2, 0.25) is 0 Å². The zero-order valence-corrected chi connectivity index (χ0v) is 14.0. The number of hydrogen-bond acceptors (Lipinski definition) is 5.